The van der Waals surface area contributed by atoms with Crippen LogP contribution in [0.3, 0.4) is 0 Å². The van der Waals surface area contributed by atoms with Crippen LogP contribution >= 0.6 is 18.2 Å². The highest BCUT2D eigenvalue weighted by molar-refractivity contribution is 8.55. The molecule has 268 valence electrons. The lowest BCUT2D eigenvalue weighted by molar-refractivity contribution is -0.134. The van der Waals surface area contributed by atoms with Crippen molar-refractivity contribution < 1.29 is 47.6 Å². The zero-order chi connectivity index (χ0) is 35.3. The van der Waals surface area contributed by atoms with E-state index in [1.807, 2.05) is 0 Å². The first-order valence-corrected chi connectivity index (χ1v) is 18.4. The van der Waals surface area contributed by atoms with Gasteiger partial charge in [-0.25, -0.2) is 29.1 Å². The lowest BCUT2D eigenvalue weighted by Gasteiger charge is -2.47. The smallest absolute Gasteiger partial charge is 0.508 e. The zero-order valence-corrected chi connectivity index (χ0v) is 28.6. The fourth-order valence-electron chi connectivity index (χ4n) is 5.92. The number of rotatable bonds is 14. The van der Waals surface area contributed by atoms with E-state index in [4.69, 9.17) is 33.7 Å². The number of nitrogen functional groups attached to an aromatic ring is 1. The summed E-state index contributed by atoms with van der Waals surface area (Å²) in [5, 5.41) is 21.0. The number of aromatic amines is 1. The molecule has 1 aliphatic heterocycles. The number of carbonyl (C=O) groups is 1. The second-order valence-corrected chi connectivity index (χ2v) is 15.5. The van der Waals surface area contributed by atoms with Gasteiger partial charge in [0.1, 0.15) is 42.2 Å². The Morgan fingerprint density at radius 2 is 2.08 bits per heavy atom. The van der Waals surface area contributed by atoms with E-state index >= 15 is 0 Å². The molecule has 49 heavy (non-hydrogen) atoms. The number of hydrogen-bond acceptors (Lipinski definition) is 17. The van der Waals surface area contributed by atoms with Gasteiger partial charge in [-0.1, -0.05) is 0 Å². The van der Waals surface area contributed by atoms with E-state index < -0.39 is 73.4 Å². The molecule has 4 heterocycles. The van der Waals surface area contributed by atoms with E-state index in [-0.39, 0.29) is 36.6 Å². The molecule has 5 N–H and O–H groups in total. The van der Waals surface area contributed by atoms with E-state index in [2.05, 4.69) is 19.9 Å². The Kier molecular flexibility index (Phi) is 11.4. The van der Waals surface area contributed by atoms with Crippen LogP contribution in [0.25, 0.3) is 11.2 Å². The number of aromatic nitrogens is 6. The van der Waals surface area contributed by atoms with Crippen molar-refractivity contribution in [2.75, 3.05) is 32.0 Å². The molecule has 2 aliphatic rings. The molecule has 3 unspecified atom stereocenters. The lowest BCUT2D eigenvalue weighted by atomic mass is 9.77. The van der Waals surface area contributed by atoms with Crippen LogP contribution in [0, 0.1) is 0 Å². The number of imidazole rings is 1. The Morgan fingerprint density at radius 1 is 1.29 bits per heavy atom. The summed E-state index contributed by atoms with van der Waals surface area (Å²) in [6.07, 6.45) is 1.80. The molecule has 0 aromatic carbocycles. The number of nitrogens with one attached hydrogen (secondary N) is 1. The molecule has 19 nitrogen and oxygen atoms in total. The van der Waals surface area contributed by atoms with Gasteiger partial charge in [-0.3, -0.25) is 28.0 Å². The molecule has 0 bridgehead atoms. The molecule has 0 saturated heterocycles. The van der Waals surface area contributed by atoms with Crippen molar-refractivity contribution in [2.45, 2.75) is 76.0 Å². The van der Waals surface area contributed by atoms with Gasteiger partial charge in [-0.2, -0.15) is 0 Å². The largest absolute Gasteiger partial charge is 0.509 e. The highest BCUT2D eigenvalue weighted by atomic mass is 32.7. The summed E-state index contributed by atoms with van der Waals surface area (Å²) in [6.45, 7) is -2.10. The molecule has 1 fully saturated rings. The first-order valence-electron chi connectivity index (χ1n) is 15.3. The highest BCUT2D eigenvalue weighted by Gasteiger charge is 2.52. The number of aliphatic hydroxyl groups is 2. The number of carbonyl (C=O) groups excluding carboxylic acids is 1. The number of hydrogen-bond donors (Lipinski definition) is 4. The number of methoxy groups -OCH3 is 1. The number of H-pyrrole nitrogens is 1. The van der Waals surface area contributed by atoms with Gasteiger partial charge < -0.3 is 34.9 Å². The summed E-state index contributed by atoms with van der Waals surface area (Å²) in [6, 6.07) is 0.497. The third-order valence-corrected chi connectivity index (χ3v) is 11.4. The van der Waals surface area contributed by atoms with Crippen molar-refractivity contribution in [3.05, 3.63) is 57.3 Å². The van der Waals surface area contributed by atoms with Gasteiger partial charge in [0.25, 0.3) is 5.56 Å². The Balaban J connectivity index is 1.40. The molecule has 0 spiro atoms. The Morgan fingerprint density at radius 3 is 2.80 bits per heavy atom. The van der Waals surface area contributed by atoms with Crippen LogP contribution in [0.4, 0.5) is 10.6 Å². The van der Waals surface area contributed by atoms with Gasteiger partial charge in [-0.05, 0) is 33.1 Å². The summed E-state index contributed by atoms with van der Waals surface area (Å²) >= 11 is 0.528. The number of fused-ring (bicyclic) bond motifs is 1. The van der Waals surface area contributed by atoms with Crippen molar-refractivity contribution in [1.29, 1.82) is 0 Å². The fraction of sp³-hybridized carbons (Fsp3) is 0.571. The summed E-state index contributed by atoms with van der Waals surface area (Å²) in [4.78, 5) is 51.2. The van der Waals surface area contributed by atoms with Gasteiger partial charge >= 0.3 is 18.6 Å². The van der Waals surface area contributed by atoms with Gasteiger partial charge in [0.05, 0.1) is 18.6 Å². The maximum Gasteiger partial charge on any atom is 0.509 e. The molecular weight excluding hydrogens is 689 g/mol. The van der Waals surface area contributed by atoms with Gasteiger partial charge in [0.15, 0.2) is 29.4 Å². The molecule has 5 rings (SSSR count). The Hall–Kier alpha value is -3.94. The number of nitrogens with zero attached hydrogens (tertiary/aromatic N) is 5. The van der Waals surface area contributed by atoms with Crippen LogP contribution in [-0.4, -0.2) is 89.5 Å². The second kappa shape index (κ2) is 15.3. The first kappa shape index (κ1) is 36.3. The molecule has 21 heteroatoms. The Labute approximate surface area is 283 Å². The summed E-state index contributed by atoms with van der Waals surface area (Å²) in [5.41, 5.74) is 3.85. The van der Waals surface area contributed by atoms with Crippen molar-refractivity contribution in [2.24, 2.45) is 0 Å². The molecule has 1 aliphatic carbocycles. The van der Waals surface area contributed by atoms with Gasteiger partial charge in [0.2, 0.25) is 0 Å². The van der Waals surface area contributed by atoms with Crippen molar-refractivity contribution >= 4 is 41.3 Å². The summed E-state index contributed by atoms with van der Waals surface area (Å²) < 4.78 is 51.5. The maximum atomic E-state index is 14.6. The topological polar surface area (TPSA) is 254 Å². The van der Waals surface area contributed by atoms with E-state index in [1.165, 1.54) is 36.6 Å². The van der Waals surface area contributed by atoms with Crippen LogP contribution in [-0.2, 0) is 32.6 Å². The van der Waals surface area contributed by atoms with Crippen LogP contribution in [0.5, 0.6) is 0 Å². The quantitative estimate of drug-likeness (QED) is 0.106. The normalized spacial score (nSPS) is 23.8. The molecule has 0 amide bonds. The minimum atomic E-state index is -4.40. The number of ether oxygens (including phenoxy) is 4. The predicted molar refractivity (Wildman–Crippen MR) is 173 cm³/mol. The fourth-order valence-corrected chi connectivity index (χ4v) is 8.92. The number of nitrogens with two attached hydrogens (primary N) is 1. The number of aliphatic hydroxyl groups excluding tert-OH is 2. The van der Waals surface area contributed by atoms with Crippen LogP contribution in [0.15, 0.2) is 46.0 Å². The average molecular weight is 728 g/mol. The van der Waals surface area contributed by atoms with E-state index in [1.54, 1.807) is 18.4 Å². The molecular formula is C28H38N7O12PS. The van der Waals surface area contributed by atoms with Gasteiger partial charge in [0, 0.05) is 43.8 Å². The standard InChI is InChI=1S/C28H38N7O12PS/c1-16(2)45-27(40)43-15-49-48(41,44-12-19-18(37)11-21(46-19)35-14-32-22-24(29)30-13-31-25(22)35)47-28(8-10-36)7-4-5-17(23(28)42-3)34-9-6-20(38)33-26(34)39/h6,9,13-14,16-17,21,23,36-37H,4-5,7-8,10-12,15H2,1-3H3,(H2,29,30,31)(H,33,38,39)/t17-,21-,23?,28?,48?/m1/s1. The summed E-state index contributed by atoms with van der Waals surface area (Å²) in [5.74, 6) is -0.607. The highest BCUT2D eigenvalue weighted by Crippen LogP contribution is 2.65. The number of anilines is 1. The Bertz CT molecular complexity index is 1840. The van der Waals surface area contributed by atoms with Crippen LogP contribution in [0.1, 0.15) is 58.2 Å². The van der Waals surface area contributed by atoms with Crippen molar-refractivity contribution in [1.82, 2.24) is 29.1 Å². The lowest BCUT2D eigenvalue weighted by Crippen LogP contribution is -2.54. The molecule has 0 radical (unpaired) electrons. The molecule has 1 saturated carbocycles. The minimum Gasteiger partial charge on any atom is -0.508 e. The molecule has 3 aromatic heterocycles. The van der Waals surface area contributed by atoms with Crippen molar-refractivity contribution in [3.63, 3.8) is 0 Å². The van der Waals surface area contributed by atoms with Gasteiger partial charge in [-0.15, -0.1) is 0 Å². The first-order chi connectivity index (χ1) is 23.4. The van der Waals surface area contributed by atoms with E-state index in [0.29, 0.717) is 35.4 Å². The monoisotopic (exact) mass is 727 g/mol. The predicted octanol–water partition coefficient (Wildman–Crippen LogP) is 2.90. The third-order valence-electron chi connectivity index (χ3n) is 8.00. The van der Waals surface area contributed by atoms with E-state index in [0.717, 1.165) is 0 Å². The second-order valence-electron chi connectivity index (χ2n) is 11.5. The van der Waals surface area contributed by atoms with Crippen molar-refractivity contribution in [3.8, 4) is 0 Å². The third kappa shape index (κ3) is 8.11. The molecule has 3 aromatic rings. The zero-order valence-electron chi connectivity index (χ0n) is 26.9. The van der Waals surface area contributed by atoms with Crippen LogP contribution < -0.4 is 17.0 Å². The average Bonchev–Trinajstić information content (AvgIpc) is 3.63. The van der Waals surface area contributed by atoms with E-state index in [9.17, 15) is 29.2 Å². The maximum absolute atomic E-state index is 14.6. The SMILES string of the molecule is COC1[C@H](n2ccc(=O)[nH]c2=O)CCCC1(CCO)OP(=O)(OCC1=C(O)C[C@H](n2cnc3c(N)ncnc32)O1)SCOC(=O)OC(C)C. The van der Waals surface area contributed by atoms with Crippen LogP contribution in [0.2, 0.25) is 0 Å². The minimum absolute atomic E-state index is 0.00762. The molecule has 5 atom stereocenters. The summed E-state index contributed by atoms with van der Waals surface area (Å²) in [7, 11) is 1.38.